The molecule has 1 amide bonds. The zero-order valence-corrected chi connectivity index (χ0v) is 22.6. The lowest BCUT2D eigenvalue weighted by molar-refractivity contribution is 0.0644. The molecule has 38 heavy (non-hydrogen) atoms. The average molecular weight is 510 g/mol. The fourth-order valence-corrected chi connectivity index (χ4v) is 4.70. The highest BCUT2D eigenvalue weighted by Crippen LogP contribution is 2.32. The van der Waals surface area contributed by atoms with E-state index in [-0.39, 0.29) is 11.3 Å². The SMILES string of the molecule is COc1ccccc1-c1cc(C(=O)N2CCN(C/C=C/c3ccccc3)CC2)nc2cc(C(C)(C)C)nn12. The molecule has 1 aliphatic rings. The Morgan fingerprint density at radius 1 is 0.974 bits per heavy atom. The van der Waals surface area contributed by atoms with E-state index < -0.39 is 0 Å². The van der Waals surface area contributed by atoms with Crippen LogP contribution in [0.15, 0.2) is 72.8 Å². The summed E-state index contributed by atoms with van der Waals surface area (Å²) in [5, 5.41) is 4.87. The van der Waals surface area contributed by atoms with Crippen molar-refractivity contribution < 1.29 is 9.53 Å². The highest BCUT2D eigenvalue weighted by Gasteiger charge is 2.26. The molecule has 1 saturated heterocycles. The van der Waals surface area contributed by atoms with Crippen molar-refractivity contribution in [3.63, 3.8) is 0 Å². The number of hydrogen-bond acceptors (Lipinski definition) is 5. The molecule has 4 aromatic rings. The Bertz CT molecular complexity index is 1440. The van der Waals surface area contributed by atoms with E-state index in [1.54, 1.807) is 7.11 Å². The molecule has 0 atom stereocenters. The second kappa shape index (κ2) is 10.8. The number of amides is 1. The van der Waals surface area contributed by atoms with Gasteiger partial charge in [0, 0.05) is 49.8 Å². The molecule has 196 valence electrons. The van der Waals surface area contributed by atoms with Crippen molar-refractivity contribution in [2.24, 2.45) is 0 Å². The summed E-state index contributed by atoms with van der Waals surface area (Å²) in [4.78, 5) is 22.7. The van der Waals surface area contributed by atoms with Crippen LogP contribution in [0, 0.1) is 0 Å². The molecule has 7 nitrogen and oxygen atoms in total. The van der Waals surface area contributed by atoms with Crippen LogP contribution >= 0.6 is 0 Å². The van der Waals surface area contributed by atoms with Crippen LogP contribution in [0.4, 0.5) is 0 Å². The predicted octanol–water partition coefficient (Wildman–Crippen LogP) is 5.17. The number of methoxy groups -OCH3 is 1. The van der Waals surface area contributed by atoms with Crippen LogP contribution in [0.1, 0.15) is 42.5 Å². The number of benzene rings is 2. The van der Waals surface area contributed by atoms with Gasteiger partial charge in [0.25, 0.3) is 5.91 Å². The average Bonchev–Trinajstić information content (AvgIpc) is 3.38. The quantitative estimate of drug-likeness (QED) is 0.359. The zero-order chi connectivity index (χ0) is 26.7. The Kier molecular flexibility index (Phi) is 7.29. The van der Waals surface area contributed by atoms with E-state index in [1.807, 2.05) is 64.0 Å². The summed E-state index contributed by atoms with van der Waals surface area (Å²) in [7, 11) is 1.65. The van der Waals surface area contributed by atoms with E-state index in [1.165, 1.54) is 5.56 Å². The van der Waals surface area contributed by atoms with Crippen molar-refractivity contribution in [2.45, 2.75) is 26.2 Å². The maximum atomic E-state index is 13.7. The highest BCUT2D eigenvalue weighted by atomic mass is 16.5. The molecule has 0 radical (unpaired) electrons. The van der Waals surface area contributed by atoms with Gasteiger partial charge in [0.2, 0.25) is 0 Å². The molecule has 3 heterocycles. The topological polar surface area (TPSA) is 63.0 Å². The smallest absolute Gasteiger partial charge is 0.272 e. The number of carbonyl (C=O) groups is 1. The first-order valence-corrected chi connectivity index (χ1v) is 13.1. The van der Waals surface area contributed by atoms with Gasteiger partial charge < -0.3 is 9.64 Å². The summed E-state index contributed by atoms with van der Waals surface area (Å²) in [6.07, 6.45) is 4.34. The normalized spacial score (nSPS) is 14.9. The lowest BCUT2D eigenvalue weighted by Gasteiger charge is -2.34. The van der Waals surface area contributed by atoms with Crippen molar-refractivity contribution >= 4 is 17.6 Å². The maximum Gasteiger partial charge on any atom is 0.272 e. The molecule has 1 aliphatic heterocycles. The van der Waals surface area contributed by atoms with Gasteiger partial charge in [-0.3, -0.25) is 9.69 Å². The minimum absolute atomic E-state index is 0.0540. The van der Waals surface area contributed by atoms with Crippen LogP contribution in [0.3, 0.4) is 0 Å². The summed E-state index contributed by atoms with van der Waals surface area (Å²) in [5.41, 5.74) is 4.71. The van der Waals surface area contributed by atoms with Gasteiger partial charge in [-0.2, -0.15) is 5.10 Å². The Balaban J connectivity index is 1.38. The third-order valence-electron chi connectivity index (χ3n) is 6.93. The van der Waals surface area contributed by atoms with E-state index in [2.05, 4.69) is 50.0 Å². The molecule has 1 fully saturated rings. The highest BCUT2D eigenvalue weighted by molar-refractivity contribution is 5.94. The largest absolute Gasteiger partial charge is 0.496 e. The van der Waals surface area contributed by atoms with Crippen LogP contribution in [0.25, 0.3) is 23.0 Å². The molecule has 0 spiro atoms. The lowest BCUT2D eigenvalue weighted by atomic mass is 9.93. The molecule has 0 aliphatic carbocycles. The van der Waals surface area contributed by atoms with Gasteiger partial charge in [-0.05, 0) is 23.8 Å². The second-order valence-corrected chi connectivity index (χ2v) is 10.7. The first-order valence-electron chi connectivity index (χ1n) is 13.1. The van der Waals surface area contributed by atoms with E-state index in [4.69, 9.17) is 14.8 Å². The van der Waals surface area contributed by atoms with Gasteiger partial charge in [-0.25, -0.2) is 9.50 Å². The van der Waals surface area contributed by atoms with Crippen LogP contribution in [-0.2, 0) is 5.41 Å². The predicted molar refractivity (Wildman–Crippen MR) is 151 cm³/mol. The molecule has 2 aromatic carbocycles. The first kappa shape index (κ1) is 25.7. The van der Waals surface area contributed by atoms with Crippen LogP contribution < -0.4 is 4.74 Å². The molecule has 0 saturated carbocycles. The Morgan fingerprint density at radius 2 is 1.68 bits per heavy atom. The van der Waals surface area contributed by atoms with Gasteiger partial charge in [-0.1, -0.05) is 75.4 Å². The lowest BCUT2D eigenvalue weighted by Crippen LogP contribution is -2.48. The van der Waals surface area contributed by atoms with Crippen molar-refractivity contribution in [3.05, 3.63) is 89.8 Å². The van der Waals surface area contributed by atoms with Crippen molar-refractivity contribution in [1.29, 1.82) is 0 Å². The van der Waals surface area contributed by atoms with Gasteiger partial charge in [0.15, 0.2) is 5.65 Å². The second-order valence-electron chi connectivity index (χ2n) is 10.7. The third kappa shape index (κ3) is 5.48. The van der Waals surface area contributed by atoms with Gasteiger partial charge in [0.05, 0.1) is 18.5 Å². The molecule has 0 N–H and O–H groups in total. The van der Waals surface area contributed by atoms with E-state index >= 15 is 0 Å². The first-order chi connectivity index (χ1) is 18.3. The molecular weight excluding hydrogens is 474 g/mol. The molecule has 2 aromatic heterocycles. The monoisotopic (exact) mass is 509 g/mol. The summed E-state index contributed by atoms with van der Waals surface area (Å²) in [6, 6.07) is 21.9. The summed E-state index contributed by atoms with van der Waals surface area (Å²) in [5.74, 6) is 0.671. The minimum Gasteiger partial charge on any atom is -0.496 e. The van der Waals surface area contributed by atoms with Gasteiger partial charge in [-0.15, -0.1) is 0 Å². The van der Waals surface area contributed by atoms with Gasteiger partial charge >= 0.3 is 0 Å². The fourth-order valence-electron chi connectivity index (χ4n) is 4.70. The molecular formula is C31H35N5O2. The van der Waals surface area contributed by atoms with Crippen LogP contribution in [0.2, 0.25) is 0 Å². The third-order valence-corrected chi connectivity index (χ3v) is 6.93. The summed E-state index contributed by atoms with van der Waals surface area (Å²) < 4.78 is 7.47. The molecule has 7 heteroatoms. The van der Waals surface area contributed by atoms with E-state index in [0.717, 1.165) is 42.3 Å². The van der Waals surface area contributed by atoms with Crippen molar-refractivity contribution in [2.75, 3.05) is 39.8 Å². The van der Waals surface area contributed by atoms with E-state index in [9.17, 15) is 4.79 Å². The Hall–Kier alpha value is -3.97. The fraction of sp³-hybridized carbons (Fsp3) is 0.323. The van der Waals surface area contributed by atoms with Crippen LogP contribution in [0.5, 0.6) is 5.75 Å². The number of rotatable bonds is 6. The zero-order valence-electron chi connectivity index (χ0n) is 22.6. The van der Waals surface area contributed by atoms with E-state index in [0.29, 0.717) is 24.4 Å². The number of hydrogen-bond donors (Lipinski definition) is 0. The van der Waals surface area contributed by atoms with Gasteiger partial charge in [0.1, 0.15) is 11.4 Å². The number of piperazine rings is 1. The molecule has 0 unspecified atom stereocenters. The number of para-hydroxylation sites is 1. The number of aromatic nitrogens is 3. The summed E-state index contributed by atoms with van der Waals surface area (Å²) >= 11 is 0. The van der Waals surface area contributed by atoms with Crippen molar-refractivity contribution in [1.82, 2.24) is 24.4 Å². The molecule has 0 bridgehead atoms. The Morgan fingerprint density at radius 3 is 2.39 bits per heavy atom. The number of ether oxygens (including phenoxy) is 1. The van der Waals surface area contributed by atoms with Crippen LogP contribution in [-0.4, -0.2) is 70.1 Å². The summed E-state index contributed by atoms with van der Waals surface area (Å²) in [6.45, 7) is 10.2. The number of nitrogens with zero attached hydrogens (tertiary/aromatic N) is 5. The van der Waals surface area contributed by atoms with Crippen molar-refractivity contribution in [3.8, 4) is 17.0 Å². The number of fused-ring (bicyclic) bond motifs is 1. The standard InChI is InChI=1S/C31H35N5O2/c1-31(2,3)28-22-29-32-25(21-26(36(29)33-28)24-14-8-9-15-27(24)38-4)30(37)35-19-17-34(18-20-35)16-10-13-23-11-6-5-7-12-23/h5-15,21-22H,16-20H2,1-4H3/b13-10+. The number of carbonyl (C=O) groups excluding carboxylic acids is 1. The molecule has 5 rings (SSSR count). The maximum absolute atomic E-state index is 13.7. The Labute approximate surface area is 224 Å². The minimum atomic E-state index is -0.152.